The standard InChI is InChI=1S/C77H83BN4/c1-48-41-49(2)43-50(42-48)51-44-67-70-68(45-51)82(60-38-29-55(30-39-60)76(12,13)14)71-63(78(70)62-46-56(77(15,16)17)31-40-65(62)81(67)59-36-27-54(28-37-59)75(9,10)11)47-66-69(61-21-19-20-22-64(61)79(66)18)72(71)80(57-32-23-52(24-33-57)73(3,4)5)58-34-25-53(26-35-58)74(6,7)8/h19-47H,1-18H3. The van der Waals surface area contributed by atoms with Gasteiger partial charge in [0.15, 0.2) is 0 Å². The average molecular weight is 1080 g/mol. The predicted molar refractivity (Wildman–Crippen MR) is 358 cm³/mol. The number of rotatable bonds is 6. The van der Waals surface area contributed by atoms with Crippen molar-refractivity contribution in [1.82, 2.24) is 4.57 Å². The molecule has 3 heterocycles. The molecule has 0 spiro atoms. The fourth-order valence-corrected chi connectivity index (χ4v) is 13.2. The largest absolute Gasteiger partial charge is 0.344 e. The van der Waals surface area contributed by atoms with Gasteiger partial charge < -0.3 is 19.3 Å². The Morgan fingerprint density at radius 1 is 0.378 bits per heavy atom. The fourth-order valence-electron chi connectivity index (χ4n) is 13.2. The Balaban J connectivity index is 1.30. The predicted octanol–water partition coefficient (Wildman–Crippen LogP) is 19.7. The molecular formula is C77H83BN4. The minimum Gasteiger partial charge on any atom is -0.344 e. The first kappa shape index (κ1) is 54.8. The first-order valence-electron chi connectivity index (χ1n) is 29.8. The van der Waals surface area contributed by atoms with E-state index in [1.807, 2.05) is 0 Å². The number of benzene rings is 9. The number of aryl methyl sites for hydroxylation is 3. The Morgan fingerprint density at radius 3 is 1.29 bits per heavy atom. The summed E-state index contributed by atoms with van der Waals surface area (Å²) in [6.07, 6.45) is 0. The highest BCUT2D eigenvalue weighted by Gasteiger charge is 2.47. The van der Waals surface area contributed by atoms with E-state index >= 15 is 0 Å². The van der Waals surface area contributed by atoms with Crippen molar-refractivity contribution < 1.29 is 0 Å². The summed E-state index contributed by atoms with van der Waals surface area (Å²) in [5.74, 6) is 0. The van der Waals surface area contributed by atoms with Crippen molar-refractivity contribution in [3.8, 4) is 11.1 Å². The second kappa shape index (κ2) is 19.2. The van der Waals surface area contributed by atoms with Gasteiger partial charge in [0.1, 0.15) is 0 Å². The molecule has 82 heavy (non-hydrogen) atoms. The molecule has 0 N–H and O–H groups in total. The molecule has 0 saturated heterocycles. The summed E-state index contributed by atoms with van der Waals surface area (Å²) in [6.45, 7) is 39.2. The Kier molecular flexibility index (Phi) is 12.8. The van der Waals surface area contributed by atoms with Crippen LogP contribution in [0.1, 0.15) is 143 Å². The number of fused-ring (bicyclic) bond motifs is 7. The van der Waals surface area contributed by atoms with Crippen molar-refractivity contribution >= 4 is 96.1 Å². The zero-order chi connectivity index (χ0) is 58.3. The van der Waals surface area contributed by atoms with Gasteiger partial charge in [0.25, 0.3) is 6.71 Å². The molecule has 1 aromatic heterocycles. The topological polar surface area (TPSA) is 14.7 Å². The smallest absolute Gasteiger partial charge is 0.252 e. The van der Waals surface area contributed by atoms with Crippen molar-refractivity contribution in [3.63, 3.8) is 0 Å². The molecule has 0 unspecified atom stereocenters. The van der Waals surface area contributed by atoms with Crippen LogP contribution in [0.15, 0.2) is 176 Å². The van der Waals surface area contributed by atoms with Crippen LogP contribution < -0.4 is 31.1 Å². The third kappa shape index (κ3) is 9.33. The molecule has 0 aliphatic carbocycles. The third-order valence-electron chi connectivity index (χ3n) is 17.8. The molecule has 0 saturated carbocycles. The van der Waals surface area contributed by atoms with Crippen LogP contribution in [0.25, 0.3) is 32.9 Å². The van der Waals surface area contributed by atoms with Gasteiger partial charge in [0.05, 0.1) is 16.9 Å². The first-order chi connectivity index (χ1) is 38.6. The quantitative estimate of drug-likeness (QED) is 0.154. The molecule has 9 aromatic carbocycles. The van der Waals surface area contributed by atoms with E-state index in [0.29, 0.717) is 0 Å². The van der Waals surface area contributed by atoms with Crippen molar-refractivity contribution in [3.05, 3.63) is 215 Å². The Hall–Kier alpha value is -7.76. The molecule has 0 fully saturated rings. The van der Waals surface area contributed by atoms with Gasteiger partial charge in [-0.3, -0.25) is 0 Å². The Morgan fingerprint density at radius 2 is 0.805 bits per heavy atom. The van der Waals surface area contributed by atoms with Crippen molar-refractivity contribution in [2.24, 2.45) is 7.05 Å². The Labute approximate surface area is 490 Å². The summed E-state index contributed by atoms with van der Waals surface area (Å²) >= 11 is 0. The molecule has 0 amide bonds. The van der Waals surface area contributed by atoms with Crippen LogP contribution in [0.3, 0.4) is 0 Å². The number of hydrogen-bond donors (Lipinski definition) is 0. The monoisotopic (exact) mass is 1070 g/mol. The number of anilines is 9. The van der Waals surface area contributed by atoms with E-state index in [0.717, 1.165) is 28.4 Å². The second-order valence-corrected chi connectivity index (χ2v) is 29.1. The highest BCUT2D eigenvalue weighted by Crippen LogP contribution is 2.55. The SMILES string of the molecule is Cc1cc(C)cc(-c2cc3c4c(c2)N(c2ccc(C(C)(C)C)cc2)c2c(cc5c(c2N(c2ccc(C(C)(C)C)cc2)c2ccc(C(C)(C)C)cc2)c2ccccc2n5C)B4c2cc(C(C)(C)C)ccc2N3c2ccc(C(C)(C)C)cc2)c1. The van der Waals surface area contributed by atoms with Crippen molar-refractivity contribution in [2.45, 2.75) is 145 Å². The third-order valence-corrected chi connectivity index (χ3v) is 17.8. The lowest BCUT2D eigenvalue weighted by Gasteiger charge is -2.46. The molecule has 10 aromatic rings. The average Bonchev–Trinajstić information content (AvgIpc) is 1.25. The first-order valence-corrected chi connectivity index (χ1v) is 29.8. The minimum absolute atomic E-state index is 0.00182. The normalized spacial score (nSPS) is 13.7. The molecule has 2 aliphatic rings. The lowest BCUT2D eigenvalue weighted by atomic mass is 9.33. The van der Waals surface area contributed by atoms with Crippen LogP contribution in [-0.4, -0.2) is 11.3 Å². The molecule has 12 rings (SSSR count). The van der Waals surface area contributed by atoms with Gasteiger partial charge in [-0.2, -0.15) is 0 Å². The molecule has 5 heteroatoms. The number of aromatic nitrogens is 1. The minimum atomic E-state index is -0.157. The van der Waals surface area contributed by atoms with Crippen LogP contribution in [0.5, 0.6) is 0 Å². The summed E-state index contributed by atoms with van der Waals surface area (Å²) in [5, 5.41) is 2.45. The van der Waals surface area contributed by atoms with Gasteiger partial charge in [0.2, 0.25) is 0 Å². The molecule has 2 aliphatic heterocycles. The van der Waals surface area contributed by atoms with Crippen LogP contribution in [0.4, 0.5) is 51.2 Å². The van der Waals surface area contributed by atoms with Gasteiger partial charge in [-0.15, -0.1) is 0 Å². The van der Waals surface area contributed by atoms with Gasteiger partial charge in [-0.1, -0.05) is 212 Å². The van der Waals surface area contributed by atoms with E-state index in [4.69, 9.17) is 0 Å². The highest BCUT2D eigenvalue weighted by atomic mass is 15.2. The van der Waals surface area contributed by atoms with Crippen LogP contribution >= 0.6 is 0 Å². The van der Waals surface area contributed by atoms with Gasteiger partial charge in [-0.05, 0) is 175 Å². The van der Waals surface area contributed by atoms with Gasteiger partial charge in [0, 0.05) is 63.1 Å². The lowest BCUT2D eigenvalue weighted by Crippen LogP contribution is -2.61. The lowest BCUT2D eigenvalue weighted by molar-refractivity contribution is 0.590. The molecule has 0 atom stereocenters. The van der Waals surface area contributed by atoms with Gasteiger partial charge >= 0.3 is 0 Å². The maximum Gasteiger partial charge on any atom is 0.252 e. The fraction of sp³-hybridized carbons (Fsp3) is 0.299. The van der Waals surface area contributed by atoms with Gasteiger partial charge in [-0.25, -0.2) is 0 Å². The van der Waals surface area contributed by atoms with E-state index in [2.05, 4.69) is 320 Å². The summed E-state index contributed by atoms with van der Waals surface area (Å²) < 4.78 is 2.46. The molecule has 0 radical (unpaired) electrons. The van der Waals surface area contributed by atoms with Crippen LogP contribution in [0.2, 0.25) is 0 Å². The van der Waals surface area contributed by atoms with E-state index in [-0.39, 0.29) is 33.8 Å². The highest BCUT2D eigenvalue weighted by molar-refractivity contribution is 7.00. The zero-order valence-corrected chi connectivity index (χ0v) is 52.1. The number of hydrogen-bond acceptors (Lipinski definition) is 3. The van der Waals surface area contributed by atoms with Crippen LogP contribution in [-0.2, 0) is 34.1 Å². The molecule has 414 valence electrons. The number of para-hydroxylation sites is 1. The zero-order valence-electron chi connectivity index (χ0n) is 52.1. The number of nitrogens with zero attached hydrogens (tertiary/aromatic N) is 4. The van der Waals surface area contributed by atoms with E-state index in [9.17, 15) is 0 Å². The maximum atomic E-state index is 2.68. The summed E-state index contributed by atoms with van der Waals surface area (Å²) in [5.41, 5.74) is 28.0. The molecular weight excluding hydrogens is 992 g/mol. The maximum absolute atomic E-state index is 2.68. The summed E-state index contributed by atoms with van der Waals surface area (Å²) in [4.78, 5) is 7.89. The van der Waals surface area contributed by atoms with E-state index in [1.165, 1.54) is 111 Å². The Bertz CT molecular complexity index is 4050. The summed E-state index contributed by atoms with van der Waals surface area (Å²) in [7, 11) is 2.28. The van der Waals surface area contributed by atoms with Crippen molar-refractivity contribution in [1.29, 1.82) is 0 Å². The van der Waals surface area contributed by atoms with E-state index < -0.39 is 0 Å². The van der Waals surface area contributed by atoms with E-state index in [1.54, 1.807) is 0 Å². The molecule has 4 nitrogen and oxygen atoms in total. The van der Waals surface area contributed by atoms with Crippen molar-refractivity contribution in [2.75, 3.05) is 14.7 Å². The second-order valence-electron chi connectivity index (χ2n) is 29.1. The molecule has 0 bridgehead atoms. The van der Waals surface area contributed by atoms with Crippen LogP contribution in [0, 0.1) is 13.8 Å². The summed E-state index contributed by atoms with van der Waals surface area (Å²) in [6, 6.07) is 69.1.